The molecule has 1 unspecified atom stereocenters. The zero-order valence-corrected chi connectivity index (χ0v) is 10.9. The molecule has 1 heterocycles. The van der Waals surface area contributed by atoms with Gasteiger partial charge in [0.1, 0.15) is 5.82 Å². The van der Waals surface area contributed by atoms with Crippen molar-refractivity contribution in [1.29, 1.82) is 0 Å². The van der Waals surface area contributed by atoms with E-state index in [2.05, 4.69) is 10.2 Å². The monoisotopic (exact) mass is 268 g/mol. The zero-order valence-electron chi connectivity index (χ0n) is 10.9. The molecule has 19 heavy (non-hydrogen) atoms. The highest BCUT2D eigenvalue weighted by atomic mass is 19.1. The van der Waals surface area contributed by atoms with E-state index in [4.69, 9.17) is 10.2 Å². The minimum atomic E-state index is -0.236. The maximum atomic E-state index is 12.9. The van der Waals surface area contributed by atoms with E-state index in [1.165, 1.54) is 12.1 Å². The molecule has 0 amide bonds. The first kappa shape index (κ1) is 14.2. The van der Waals surface area contributed by atoms with Crippen molar-refractivity contribution in [2.75, 3.05) is 37.7 Å². The molecule has 106 valence electrons. The van der Waals surface area contributed by atoms with Crippen molar-refractivity contribution in [1.82, 2.24) is 5.32 Å². The van der Waals surface area contributed by atoms with Crippen molar-refractivity contribution in [3.8, 4) is 0 Å². The van der Waals surface area contributed by atoms with E-state index < -0.39 is 0 Å². The molecule has 2 rings (SSSR count). The molecule has 0 spiro atoms. The molecule has 1 aromatic rings. The van der Waals surface area contributed by atoms with Crippen LogP contribution in [0.25, 0.3) is 0 Å². The van der Waals surface area contributed by atoms with Gasteiger partial charge in [-0.2, -0.15) is 0 Å². The number of nitrogens with one attached hydrogen (secondary N) is 1. The van der Waals surface area contributed by atoms with E-state index in [-0.39, 0.29) is 25.1 Å². The van der Waals surface area contributed by atoms with Gasteiger partial charge in [0.25, 0.3) is 0 Å². The molecule has 1 saturated heterocycles. The van der Waals surface area contributed by atoms with Crippen LogP contribution in [0.1, 0.15) is 6.42 Å². The Hall–Kier alpha value is -1.17. The fraction of sp³-hybridized carbons (Fsp3) is 0.571. The molecule has 0 saturated carbocycles. The summed E-state index contributed by atoms with van der Waals surface area (Å²) in [4.78, 5) is 2.23. The lowest BCUT2D eigenvalue weighted by Crippen LogP contribution is -2.39. The summed E-state index contributed by atoms with van der Waals surface area (Å²) in [5, 5.41) is 21.1. The average molecular weight is 268 g/mol. The highest BCUT2D eigenvalue weighted by molar-refractivity contribution is 5.47. The first-order valence-electron chi connectivity index (χ1n) is 6.68. The molecule has 1 atom stereocenters. The maximum absolute atomic E-state index is 12.9. The number of aliphatic hydroxyl groups excluding tert-OH is 2. The summed E-state index contributed by atoms with van der Waals surface area (Å²) in [5.41, 5.74) is 1.05. The topological polar surface area (TPSA) is 55.7 Å². The Morgan fingerprint density at radius 1 is 1.26 bits per heavy atom. The van der Waals surface area contributed by atoms with Gasteiger partial charge < -0.3 is 20.4 Å². The van der Waals surface area contributed by atoms with E-state index in [9.17, 15) is 4.39 Å². The van der Waals surface area contributed by atoms with Crippen LogP contribution < -0.4 is 10.2 Å². The smallest absolute Gasteiger partial charge is 0.123 e. The van der Waals surface area contributed by atoms with Gasteiger partial charge in [-0.25, -0.2) is 4.39 Å². The van der Waals surface area contributed by atoms with Crippen LogP contribution in [0, 0.1) is 11.7 Å². The number of benzene rings is 1. The summed E-state index contributed by atoms with van der Waals surface area (Å²) in [6.07, 6.45) is 1.06. The molecule has 4 nitrogen and oxygen atoms in total. The van der Waals surface area contributed by atoms with E-state index >= 15 is 0 Å². The van der Waals surface area contributed by atoms with Gasteiger partial charge in [0.15, 0.2) is 0 Å². The Morgan fingerprint density at radius 3 is 2.58 bits per heavy atom. The fourth-order valence-electron chi connectivity index (χ4n) is 2.41. The summed E-state index contributed by atoms with van der Waals surface area (Å²) in [6, 6.07) is 6.33. The van der Waals surface area contributed by atoms with Crippen LogP contribution in [-0.2, 0) is 0 Å². The van der Waals surface area contributed by atoms with Gasteiger partial charge in [0, 0.05) is 25.3 Å². The van der Waals surface area contributed by atoms with Crippen molar-refractivity contribution in [2.45, 2.75) is 12.5 Å². The second kappa shape index (κ2) is 6.84. The van der Waals surface area contributed by atoms with Crippen LogP contribution in [0.4, 0.5) is 10.1 Å². The number of hydrogen-bond donors (Lipinski definition) is 3. The van der Waals surface area contributed by atoms with Crippen molar-refractivity contribution in [3.63, 3.8) is 0 Å². The molecular formula is C14H21FN2O2. The number of anilines is 1. The summed E-state index contributed by atoms with van der Waals surface area (Å²) in [6.45, 7) is 2.56. The summed E-state index contributed by atoms with van der Waals surface area (Å²) < 4.78 is 12.9. The van der Waals surface area contributed by atoms with Gasteiger partial charge in [0.05, 0.1) is 19.3 Å². The molecule has 1 aromatic carbocycles. The van der Waals surface area contributed by atoms with Gasteiger partial charge in [-0.05, 0) is 36.6 Å². The summed E-state index contributed by atoms with van der Waals surface area (Å²) >= 11 is 0. The first-order valence-corrected chi connectivity index (χ1v) is 6.68. The largest absolute Gasteiger partial charge is 0.395 e. The predicted octanol–water partition coefficient (Wildman–Crippen LogP) is 0.595. The molecule has 0 aromatic heterocycles. The first-order chi connectivity index (χ1) is 9.22. The molecule has 0 aliphatic carbocycles. The Morgan fingerprint density at radius 2 is 1.95 bits per heavy atom. The standard InChI is InChI=1S/C14H21FN2O2/c15-12-1-3-14(4-2-12)17-6-5-11(8-17)7-16-13(9-18)10-19/h1-4,11,13,16,18-19H,5-10H2. The molecule has 1 aliphatic heterocycles. The summed E-state index contributed by atoms with van der Waals surface area (Å²) in [7, 11) is 0. The highest BCUT2D eigenvalue weighted by Crippen LogP contribution is 2.23. The second-order valence-electron chi connectivity index (χ2n) is 5.05. The number of rotatable bonds is 6. The zero-order chi connectivity index (χ0) is 13.7. The minimum Gasteiger partial charge on any atom is -0.395 e. The van der Waals surface area contributed by atoms with Crippen LogP contribution in [-0.4, -0.2) is 49.1 Å². The lowest BCUT2D eigenvalue weighted by atomic mass is 10.1. The van der Waals surface area contributed by atoms with E-state index in [0.29, 0.717) is 5.92 Å². The third-order valence-corrected chi connectivity index (χ3v) is 3.61. The normalized spacial score (nSPS) is 19.4. The molecule has 0 bridgehead atoms. The van der Waals surface area contributed by atoms with Gasteiger partial charge in [-0.15, -0.1) is 0 Å². The number of nitrogens with zero attached hydrogens (tertiary/aromatic N) is 1. The lowest BCUT2D eigenvalue weighted by Gasteiger charge is -2.20. The Bertz CT molecular complexity index is 382. The van der Waals surface area contributed by atoms with E-state index in [1.54, 1.807) is 12.1 Å². The van der Waals surface area contributed by atoms with Gasteiger partial charge in [-0.1, -0.05) is 0 Å². The van der Waals surface area contributed by atoms with Crippen molar-refractivity contribution < 1.29 is 14.6 Å². The summed E-state index contributed by atoms with van der Waals surface area (Å²) in [5.74, 6) is 0.278. The SMILES string of the molecule is OCC(CO)NCC1CCN(c2ccc(F)cc2)C1. The fourth-order valence-corrected chi connectivity index (χ4v) is 2.41. The third-order valence-electron chi connectivity index (χ3n) is 3.61. The number of hydrogen-bond acceptors (Lipinski definition) is 4. The van der Waals surface area contributed by atoms with Crippen LogP contribution >= 0.6 is 0 Å². The molecular weight excluding hydrogens is 247 g/mol. The predicted molar refractivity (Wildman–Crippen MR) is 72.7 cm³/mol. The van der Waals surface area contributed by atoms with Crippen molar-refractivity contribution in [2.24, 2.45) is 5.92 Å². The van der Waals surface area contributed by atoms with Crippen LogP contribution in [0.3, 0.4) is 0 Å². The Balaban J connectivity index is 1.81. The van der Waals surface area contributed by atoms with Gasteiger partial charge >= 0.3 is 0 Å². The number of halogens is 1. The Labute approximate surface area is 112 Å². The van der Waals surface area contributed by atoms with Crippen LogP contribution in [0.2, 0.25) is 0 Å². The minimum absolute atomic E-state index is 0.0507. The van der Waals surface area contributed by atoms with Crippen molar-refractivity contribution in [3.05, 3.63) is 30.1 Å². The Kier molecular flexibility index (Phi) is 5.13. The average Bonchev–Trinajstić information content (AvgIpc) is 2.89. The van der Waals surface area contributed by atoms with E-state index in [0.717, 1.165) is 31.7 Å². The van der Waals surface area contributed by atoms with Crippen molar-refractivity contribution >= 4 is 5.69 Å². The molecule has 1 fully saturated rings. The quantitative estimate of drug-likeness (QED) is 0.707. The van der Waals surface area contributed by atoms with Crippen LogP contribution in [0.15, 0.2) is 24.3 Å². The highest BCUT2D eigenvalue weighted by Gasteiger charge is 2.23. The molecule has 0 radical (unpaired) electrons. The number of aliphatic hydroxyl groups is 2. The van der Waals surface area contributed by atoms with E-state index in [1.807, 2.05) is 0 Å². The second-order valence-corrected chi connectivity index (χ2v) is 5.05. The third kappa shape index (κ3) is 3.89. The van der Waals surface area contributed by atoms with Crippen LogP contribution in [0.5, 0.6) is 0 Å². The lowest BCUT2D eigenvalue weighted by molar-refractivity contribution is 0.168. The van der Waals surface area contributed by atoms with Gasteiger partial charge in [0.2, 0.25) is 0 Å². The molecule has 1 aliphatic rings. The maximum Gasteiger partial charge on any atom is 0.123 e. The van der Waals surface area contributed by atoms with Gasteiger partial charge in [-0.3, -0.25) is 0 Å². The molecule has 3 N–H and O–H groups in total. The molecule has 5 heteroatoms.